The lowest BCUT2D eigenvalue weighted by molar-refractivity contribution is 0.280. The minimum atomic E-state index is 0. The Hall–Kier alpha value is -2.07. The van der Waals surface area contributed by atoms with E-state index in [4.69, 9.17) is 9.72 Å². The van der Waals surface area contributed by atoms with Crippen LogP contribution in [0.5, 0.6) is 5.75 Å². The molecular weight excluding hydrogens is 322 g/mol. The van der Waals surface area contributed by atoms with Crippen molar-refractivity contribution in [1.29, 1.82) is 0 Å². The van der Waals surface area contributed by atoms with E-state index in [1.165, 1.54) is 53.2 Å². The summed E-state index contributed by atoms with van der Waals surface area (Å²) in [5, 5.41) is 2.60. The molecule has 1 N–H and O–H groups in total. The van der Waals surface area contributed by atoms with Crippen LogP contribution in [0, 0.1) is 6.92 Å². The first-order valence-electron chi connectivity index (χ1n) is 9.82. The van der Waals surface area contributed by atoms with Gasteiger partial charge in [-0.2, -0.15) is 0 Å². The van der Waals surface area contributed by atoms with Gasteiger partial charge in [0.1, 0.15) is 5.75 Å². The molecular formula is C22H31N3O. The van der Waals surface area contributed by atoms with Crippen LogP contribution in [-0.2, 0) is 0 Å². The van der Waals surface area contributed by atoms with Crippen LogP contribution < -0.4 is 4.74 Å². The summed E-state index contributed by atoms with van der Waals surface area (Å²) in [4.78, 5) is 10.6. The third-order valence-electron chi connectivity index (χ3n) is 5.58. The second kappa shape index (κ2) is 7.28. The zero-order valence-electron chi connectivity index (χ0n) is 16.1. The average molecular weight is 354 g/mol. The molecule has 4 heteroatoms. The molecule has 0 spiro atoms. The van der Waals surface area contributed by atoms with Gasteiger partial charge in [0.25, 0.3) is 0 Å². The Morgan fingerprint density at radius 3 is 2.81 bits per heavy atom. The van der Waals surface area contributed by atoms with Crippen molar-refractivity contribution in [2.24, 2.45) is 0 Å². The van der Waals surface area contributed by atoms with Crippen LogP contribution in [0.3, 0.4) is 0 Å². The molecule has 4 nitrogen and oxygen atoms in total. The molecule has 26 heavy (non-hydrogen) atoms. The highest BCUT2D eigenvalue weighted by molar-refractivity contribution is 6.09. The normalized spacial score (nSPS) is 15.5. The van der Waals surface area contributed by atoms with Gasteiger partial charge in [-0.1, -0.05) is 12.8 Å². The Bertz CT molecular complexity index is 913. The van der Waals surface area contributed by atoms with E-state index in [1.54, 1.807) is 0 Å². The Morgan fingerprint density at radius 2 is 2.04 bits per heavy atom. The number of aryl methyl sites for hydroxylation is 1. The average Bonchev–Trinajstić information content (AvgIpc) is 3.26. The molecule has 3 aromatic rings. The number of aromatic nitrogens is 2. The first-order chi connectivity index (χ1) is 12.6. The largest absolute Gasteiger partial charge is 0.493 e. The summed E-state index contributed by atoms with van der Waals surface area (Å²) >= 11 is 0. The number of benzene rings is 1. The molecule has 1 aliphatic carbocycles. The van der Waals surface area contributed by atoms with E-state index in [0.29, 0.717) is 5.92 Å². The Kier molecular flexibility index (Phi) is 4.86. The molecule has 0 atom stereocenters. The fourth-order valence-corrected chi connectivity index (χ4v) is 4.24. The molecule has 1 aromatic carbocycles. The SMILES string of the molecule is Cc1cc2c(cc1OCCCN(C)C)[nH]c1ccnc(C3CCCC3)c12.[HH]. The second-order valence-corrected chi connectivity index (χ2v) is 7.89. The van der Waals surface area contributed by atoms with Crippen molar-refractivity contribution in [3.63, 3.8) is 0 Å². The maximum Gasteiger partial charge on any atom is 0.124 e. The summed E-state index contributed by atoms with van der Waals surface area (Å²) in [6, 6.07) is 6.54. The first kappa shape index (κ1) is 17.3. The zero-order valence-corrected chi connectivity index (χ0v) is 16.1. The van der Waals surface area contributed by atoms with Crippen molar-refractivity contribution in [3.8, 4) is 5.75 Å². The van der Waals surface area contributed by atoms with Gasteiger partial charge in [-0.25, -0.2) is 0 Å². The molecule has 0 radical (unpaired) electrons. The minimum absolute atomic E-state index is 0. The predicted octanol–water partition coefficient (Wildman–Crippen LogP) is 5.26. The molecule has 140 valence electrons. The standard InChI is InChI=1S/C22H29N3O.H2/c1-15-13-17-19(14-20(15)26-12-6-11-25(2)3)24-18-9-10-23-22(21(17)18)16-7-4-5-8-16;/h9-10,13-14,16,24H,4-8,11-12H2,1-3H3;1H. The van der Waals surface area contributed by atoms with Gasteiger partial charge >= 0.3 is 0 Å². The van der Waals surface area contributed by atoms with Crippen molar-refractivity contribution in [1.82, 2.24) is 14.9 Å². The first-order valence-corrected chi connectivity index (χ1v) is 9.82. The maximum atomic E-state index is 6.06. The molecule has 1 aliphatic rings. The van der Waals surface area contributed by atoms with E-state index in [-0.39, 0.29) is 1.43 Å². The smallest absolute Gasteiger partial charge is 0.124 e. The van der Waals surface area contributed by atoms with Gasteiger partial charge in [0, 0.05) is 42.4 Å². The third kappa shape index (κ3) is 3.30. The Morgan fingerprint density at radius 1 is 1.23 bits per heavy atom. The monoisotopic (exact) mass is 353 g/mol. The van der Waals surface area contributed by atoms with Crippen molar-refractivity contribution in [3.05, 3.63) is 35.7 Å². The van der Waals surface area contributed by atoms with Gasteiger partial charge in [-0.05, 0) is 58.0 Å². The molecule has 0 unspecified atom stereocenters. The van der Waals surface area contributed by atoms with Crippen molar-refractivity contribution in [2.75, 3.05) is 27.2 Å². The number of fused-ring (bicyclic) bond motifs is 3. The van der Waals surface area contributed by atoms with Crippen LogP contribution in [0.1, 0.15) is 50.7 Å². The molecule has 1 fully saturated rings. The third-order valence-corrected chi connectivity index (χ3v) is 5.58. The summed E-state index contributed by atoms with van der Waals surface area (Å²) in [6.45, 7) is 3.94. The van der Waals surface area contributed by atoms with Crippen LogP contribution >= 0.6 is 0 Å². The number of pyridine rings is 1. The fourth-order valence-electron chi connectivity index (χ4n) is 4.24. The number of aromatic amines is 1. The van der Waals surface area contributed by atoms with E-state index in [2.05, 4.69) is 49.1 Å². The summed E-state index contributed by atoms with van der Waals surface area (Å²) in [7, 11) is 4.19. The van der Waals surface area contributed by atoms with Crippen LogP contribution in [0.25, 0.3) is 21.8 Å². The number of hydrogen-bond donors (Lipinski definition) is 1. The molecule has 0 saturated heterocycles. The molecule has 2 heterocycles. The lowest BCUT2D eigenvalue weighted by Gasteiger charge is -2.12. The fraction of sp³-hybridized carbons (Fsp3) is 0.500. The lowest BCUT2D eigenvalue weighted by atomic mass is 9.98. The maximum absolute atomic E-state index is 6.06. The highest BCUT2D eigenvalue weighted by atomic mass is 16.5. The van der Waals surface area contributed by atoms with E-state index in [0.717, 1.165) is 30.8 Å². The zero-order chi connectivity index (χ0) is 18.1. The molecule has 2 aromatic heterocycles. The van der Waals surface area contributed by atoms with E-state index < -0.39 is 0 Å². The number of H-pyrrole nitrogens is 1. The Balaban J connectivity index is 0.00000210. The van der Waals surface area contributed by atoms with Crippen molar-refractivity contribution in [2.45, 2.75) is 44.9 Å². The van der Waals surface area contributed by atoms with Gasteiger partial charge in [0.05, 0.1) is 17.8 Å². The van der Waals surface area contributed by atoms with Gasteiger partial charge in [-0.3, -0.25) is 4.98 Å². The summed E-state index contributed by atoms with van der Waals surface area (Å²) in [5.41, 5.74) is 4.83. The lowest BCUT2D eigenvalue weighted by Crippen LogP contribution is -2.15. The van der Waals surface area contributed by atoms with Crippen LogP contribution in [0.2, 0.25) is 0 Å². The topological polar surface area (TPSA) is 41.1 Å². The molecule has 1 saturated carbocycles. The number of hydrogen-bond acceptors (Lipinski definition) is 3. The number of nitrogens with one attached hydrogen (secondary N) is 1. The van der Waals surface area contributed by atoms with Gasteiger partial charge in [0.15, 0.2) is 0 Å². The summed E-state index contributed by atoms with van der Waals surface area (Å²) < 4.78 is 6.06. The number of nitrogens with zero attached hydrogens (tertiary/aromatic N) is 2. The highest BCUT2D eigenvalue weighted by Crippen LogP contribution is 2.40. The second-order valence-electron chi connectivity index (χ2n) is 7.89. The van der Waals surface area contributed by atoms with Crippen molar-refractivity contribution < 1.29 is 6.16 Å². The van der Waals surface area contributed by atoms with Crippen LogP contribution in [-0.4, -0.2) is 42.1 Å². The van der Waals surface area contributed by atoms with Gasteiger partial charge in [-0.15, -0.1) is 0 Å². The van der Waals surface area contributed by atoms with Gasteiger partial charge in [0.2, 0.25) is 0 Å². The Labute approximate surface area is 157 Å². The van der Waals surface area contributed by atoms with Crippen LogP contribution in [0.4, 0.5) is 0 Å². The summed E-state index contributed by atoms with van der Waals surface area (Å²) in [6.07, 6.45) is 8.18. The van der Waals surface area contributed by atoms with E-state index in [9.17, 15) is 0 Å². The molecule has 0 amide bonds. The van der Waals surface area contributed by atoms with Crippen molar-refractivity contribution >= 4 is 21.8 Å². The van der Waals surface area contributed by atoms with Gasteiger partial charge < -0.3 is 14.6 Å². The molecule has 0 aliphatic heterocycles. The van der Waals surface area contributed by atoms with E-state index in [1.807, 2.05) is 6.20 Å². The number of ether oxygens (including phenoxy) is 1. The molecule has 0 bridgehead atoms. The highest BCUT2D eigenvalue weighted by Gasteiger charge is 2.22. The minimum Gasteiger partial charge on any atom is -0.493 e. The molecule has 4 rings (SSSR count). The summed E-state index contributed by atoms with van der Waals surface area (Å²) in [5.74, 6) is 1.60. The quantitative estimate of drug-likeness (QED) is 0.615. The predicted molar refractivity (Wildman–Crippen MR) is 110 cm³/mol. The van der Waals surface area contributed by atoms with Crippen LogP contribution in [0.15, 0.2) is 24.4 Å². The van der Waals surface area contributed by atoms with E-state index >= 15 is 0 Å². The number of rotatable bonds is 6.